The summed E-state index contributed by atoms with van der Waals surface area (Å²) in [5.41, 5.74) is 0. The van der Waals surface area contributed by atoms with E-state index in [-0.39, 0.29) is 6.61 Å². The summed E-state index contributed by atoms with van der Waals surface area (Å²) < 4.78 is 0. The fraction of sp³-hybridized carbons (Fsp3) is 1.00. The highest BCUT2D eigenvalue weighted by molar-refractivity contribution is 4.82. The van der Waals surface area contributed by atoms with Crippen LogP contribution < -0.4 is 0 Å². The van der Waals surface area contributed by atoms with E-state index in [2.05, 4.69) is 0 Å². The third-order valence-electron chi connectivity index (χ3n) is 2.63. The first-order valence-corrected chi connectivity index (χ1v) is 4.47. The van der Waals surface area contributed by atoms with Crippen molar-refractivity contribution in [2.45, 2.75) is 39.0 Å². The maximum absolute atomic E-state index is 7.57. The molecular formula is C9H18O. The first-order valence-electron chi connectivity index (χ1n) is 4.47. The zero-order chi connectivity index (χ0) is 7.40. The summed E-state index contributed by atoms with van der Waals surface area (Å²) in [7, 11) is 0. The molecule has 1 nitrogen and oxygen atoms in total. The average molecular weight is 142 g/mol. The molecule has 0 unspecified atom stereocenters. The number of fused-ring (bicyclic) bond motifs is 2. The number of aliphatic hydroxyl groups excluding tert-OH is 1. The Morgan fingerprint density at radius 2 is 1.40 bits per heavy atom. The number of hydrogen-bond donors (Lipinski definition) is 1. The molecule has 0 atom stereocenters. The van der Waals surface area contributed by atoms with Crippen molar-refractivity contribution in [2.24, 2.45) is 11.8 Å². The van der Waals surface area contributed by atoms with Gasteiger partial charge < -0.3 is 5.11 Å². The quantitative estimate of drug-likeness (QED) is 0.549. The van der Waals surface area contributed by atoms with Crippen molar-refractivity contribution >= 4 is 0 Å². The van der Waals surface area contributed by atoms with Crippen LogP contribution in [0.2, 0.25) is 0 Å². The Hall–Kier alpha value is -0.0400. The lowest BCUT2D eigenvalue weighted by atomic mass is 10.0. The lowest BCUT2D eigenvalue weighted by Gasteiger charge is -2.05. The predicted octanol–water partition coefficient (Wildman–Crippen LogP) is 2.20. The van der Waals surface area contributed by atoms with Gasteiger partial charge in [0, 0.05) is 6.61 Å². The van der Waals surface area contributed by atoms with Crippen LogP contribution in [0.5, 0.6) is 0 Å². The smallest absolute Gasteiger partial charge is 0.0402 e. The molecule has 2 saturated carbocycles. The standard InChI is InChI=1S/C7H12.C2H6O/c1-2-7-4-3-6(1)5-7;1-2-3/h6-7H,1-5H2;3H,2H2,1H3. The second kappa shape index (κ2) is 3.97. The maximum Gasteiger partial charge on any atom is 0.0402 e. The Morgan fingerprint density at radius 1 is 1.10 bits per heavy atom. The van der Waals surface area contributed by atoms with E-state index in [1.54, 1.807) is 39.0 Å². The summed E-state index contributed by atoms with van der Waals surface area (Å²) >= 11 is 0. The van der Waals surface area contributed by atoms with Gasteiger partial charge in [-0.05, 0) is 25.2 Å². The molecule has 2 aliphatic rings. The van der Waals surface area contributed by atoms with E-state index in [1.165, 1.54) is 11.8 Å². The lowest BCUT2D eigenvalue weighted by Crippen LogP contribution is -1.90. The molecule has 2 rings (SSSR count). The minimum absolute atomic E-state index is 0.250. The van der Waals surface area contributed by atoms with E-state index in [1.807, 2.05) is 0 Å². The van der Waals surface area contributed by atoms with Crippen LogP contribution >= 0.6 is 0 Å². The molecule has 0 amide bonds. The van der Waals surface area contributed by atoms with Gasteiger partial charge in [-0.2, -0.15) is 0 Å². The van der Waals surface area contributed by atoms with Crippen LogP contribution in [0.25, 0.3) is 0 Å². The molecule has 1 heteroatoms. The molecule has 2 fully saturated rings. The normalized spacial score (nSPS) is 35.4. The van der Waals surface area contributed by atoms with Crippen LogP contribution in [0.3, 0.4) is 0 Å². The molecule has 0 heterocycles. The molecule has 0 aromatic carbocycles. The van der Waals surface area contributed by atoms with E-state index in [9.17, 15) is 0 Å². The minimum atomic E-state index is 0.250. The highest BCUT2D eigenvalue weighted by Crippen LogP contribution is 2.43. The molecule has 2 aliphatic carbocycles. The summed E-state index contributed by atoms with van der Waals surface area (Å²) in [5.74, 6) is 2.34. The van der Waals surface area contributed by atoms with Crippen molar-refractivity contribution in [3.05, 3.63) is 0 Å². The lowest BCUT2D eigenvalue weighted by molar-refractivity contribution is 0.318. The van der Waals surface area contributed by atoms with Crippen molar-refractivity contribution in [1.29, 1.82) is 0 Å². The molecule has 0 aromatic heterocycles. The van der Waals surface area contributed by atoms with Crippen molar-refractivity contribution in [2.75, 3.05) is 6.61 Å². The van der Waals surface area contributed by atoms with Gasteiger partial charge in [-0.1, -0.05) is 25.7 Å². The molecule has 0 radical (unpaired) electrons. The SMILES string of the molecule is C1CC2CCC1C2.CCO. The molecule has 10 heavy (non-hydrogen) atoms. The van der Waals surface area contributed by atoms with Crippen LogP contribution in [0, 0.1) is 11.8 Å². The van der Waals surface area contributed by atoms with Gasteiger partial charge in [0.2, 0.25) is 0 Å². The van der Waals surface area contributed by atoms with Crippen LogP contribution in [0.1, 0.15) is 39.0 Å². The van der Waals surface area contributed by atoms with Gasteiger partial charge in [0.25, 0.3) is 0 Å². The van der Waals surface area contributed by atoms with Crippen LogP contribution in [-0.4, -0.2) is 11.7 Å². The highest BCUT2D eigenvalue weighted by atomic mass is 16.2. The van der Waals surface area contributed by atoms with Gasteiger partial charge in [0.05, 0.1) is 0 Å². The second-order valence-electron chi connectivity index (χ2n) is 3.44. The van der Waals surface area contributed by atoms with Gasteiger partial charge in [-0.3, -0.25) is 0 Å². The number of hydrogen-bond acceptors (Lipinski definition) is 1. The molecule has 0 saturated heterocycles. The zero-order valence-electron chi connectivity index (χ0n) is 6.84. The maximum atomic E-state index is 7.57. The molecule has 0 spiro atoms. The zero-order valence-corrected chi connectivity index (χ0v) is 6.84. The molecule has 0 aliphatic heterocycles. The summed E-state index contributed by atoms with van der Waals surface area (Å²) in [6.45, 7) is 1.93. The summed E-state index contributed by atoms with van der Waals surface area (Å²) in [6.07, 6.45) is 7.82. The van der Waals surface area contributed by atoms with Crippen molar-refractivity contribution in [3.63, 3.8) is 0 Å². The first-order chi connectivity index (χ1) is 4.86. The van der Waals surface area contributed by atoms with Crippen LogP contribution in [-0.2, 0) is 0 Å². The Kier molecular flexibility index (Phi) is 3.20. The molecular weight excluding hydrogens is 124 g/mol. The Balaban J connectivity index is 0.000000148. The van der Waals surface area contributed by atoms with Gasteiger partial charge in [-0.25, -0.2) is 0 Å². The average Bonchev–Trinajstić information content (AvgIpc) is 2.49. The molecule has 2 bridgehead atoms. The third kappa shape index (κ3) is 1.98. The predicted molar refractivity (Wildman–Crippen MR) is 42.8 cm³/mol. The van der Waals surface area contributed by atoms with Crippen LogP contribution in [0.4, 0.5) is 0 Å². The number of aliphatic hydroxyl groups is 1. The topological polar surface area (TPSA) is 20.2 Å². The Bertz CT molecular complexity index is 72.7. The van der Waals surface area contributed by atoms with Gasteiger partial charge in [0.15, 0.2) is 0 Å². The molecule has 60 valence electrons. The fourth-order valence-electron chi connectivity index (χ4n) is 2.17. The van der Waals surface area contributed by atoms with Gasteiger partial charge in [-0.15, -0.1) is 0 Å². The third-order valence-corrected chi connectivity index (χ3v) is 2.63. The molecule has 0 aromatic rings. The minimum Gasteiger partial charge on any atom is -0.397 e. The summed E-state index contributed by atoms with van der Waals surface area (Å²) in [5, 5.41) is 7.57. The second-order valence-corrected chi connectivity index (χ2v) is 3.44. The summed E-state index contributed by atoms with van der Waals surface area (Å²) in [4.78, 5) is 0. The Labute approximate surface area is 63.4 Å². The van der Waals surface area contributed by atoms with E-state index in [0.717, 1.165) is 0 Å². The van der Waals surface area contributed by atoms with E-state index >= 15 is 0 Å². The van der Waals surface area contributed by atoms with Crippen LogP contribution in [0.15, 0.2) is 0 Å². The van der Waals surface area contributed by atoms with Crippen molar-refractivity contribution in [1.82, 2.24) is 0 Å². The van der Waals surface area contributed by atoms with Crippen molar-refractivity contribution < 1.29 is 5.11 Å². The van der Waals surface area contributed by atoms with E-state index in [4.69, 9.17) is 5.11 Å². The Morgan fingerprint density at radius 3 is 1.50 bits per heavy atom. The van der Waals surface area contributed by atoms with Gasteiger partial charge in [0.1, 0.15) is 0 Å². The van der Waals surface area contributed by atoms with Gasteiger partial charge >= 0.3 is 0 Å². The van der Waals surface area contributed by atoms with Crippen molar-refractivity contribution in [3.8, 4) is 0 Å². The van der Waals surface area contributed by atoms with E-state index < -0.39 is 0 Å². The fourth-order valence-corrected chi connectivity index (χ4v) is 2.17. The monoisotopic (exact) mass is 142 g/mol. The highest BCUT2D eigenvalue weighted by Gasteiger charge is 2.30. The summed E-state index contributed by atoms with van der Waals surface area (Å²) in [6, 6.07) is 0. The van der Waals surface area contributed by atoms with E-state index in [0.29, 0.717) is 0 Å². The molecule has 1 N–H and O–H groups in total. The number of rotatable bonds is 0. The largest absolute Gasteiger partial charge is 0.397 e. The first kappa shape index (κ1) is 8.06.